The fourth-order valence-electron chi connectivity index (χ4n) is 2.37. The van der Waals surface area contributed by atoms with E-state index in [-0.39, 0.29) is 12.1 Å². The van der Waals surface area contributed by atoms with Gasteiger partial charge >= 0.3 is 6.03 Å². The van der Waals surface area contributed by atoms with Gasteiger partial charge in [0, 0.05) is 31.0 Å². The summed E-state index contributed by atoms with van der Waals surface area (Å²) in [6, 6.07) is 4.11. The Hall–Kier alpha value is -2.24. The van der Waals surface area contributed by atoms with E-state index in [9.17, 15) is 4.79 Å². The van der Waals surface area contributed by atoms with Crippen molar-refractivity contribution >= 4 is 6.03 Å². The molecule has 6 nitrogen and oxygen atoms in total. The van der Waals surface area contributed by atoms with Crippen LogP contribution in [0.4, 0.5) is 4.79 Å². The van der Waals surface area contributed by atoms with Crippen LogP contribution in [0.1, 0.15) is 25.5 Å². The summed E-state index contributed by atoms with van der Waals surface area (Å²) in [6.45, 7) is 3.24. The van der Waals surface area contributed by atoms with E-state index in [2.05, 4.69) is 10.3 Å². The maximum absolute atomic E-state index is 12.4. The van der Waals surface area contributed by atoms with Crippen molar-refractivity contribution in [1.29, 1.82) is 0 Å². The molecule has 1 saturated carbocycles. The van der Waals surface area contributed by atoms with Crippen LogP contribution in [0.3, 0.4) is 0 Å². The number of hydrogen-bond donors (Lipinski definition) is 1. The Kier molecular flexibility index (Phi) is 3.94. The van der Waals surface area contributed by atoms with Crippen LogP contribution in [-0.4, -0.2) is 32.6 Å². The number of amides is 2. The van der Waals surface area contributed by atoms with Gasteiger partial charge in [-0.1, -0.05) is 0 Å². The van der Waals surface area contributed by atoms with E-state index in [1.807, 2.05) is 34.7 Å². The van der Waals surface area contributed by atoms with Crippen molar-refractivity contribution < 1.29 is 9.21 Å². The van der Waals surface area contributed by atoms with E-state index in [0.717, 1.165) is 18.6 Å². The van der Waals surface area contributed by atoms with Crippen molar-refractivity contribution in [3.63, 3.8) is 0 Å². The summed E-state index contributed by atoms with van der Waals surface area (Å²) in [6.07, 6.45) is 9.17. The summed E-state index contributed by atoms with van der Waals surface area (Å²) < 4.78 is 7.31. The van der Waals surface area contributed by atoms with Crippen LogP contribution in [0, 0.1) is 0 Å². The van der Waals surface area contributed by atoms with E-state index in [1.54, 1.807) is 18.8 Å². The Labute approximate surface area is 123 Å². The molecular formula is C15H20N4O2. The third-order valence-corrected chi connectivity index (χ3v) is 3.57. The lowest BCUT2D eigenvalue weighted by Gasteiger charge is -2.24. The van der Waals surface area contributed by atoms with Gasteiger partial charge in [-0.15, -0.1) is 0 Å². The van der Waals surface area contributed by atoms with E-state index in [0.29, 0.717) is 19.1 Å². The Bertz CT molecular complexity index is 561. The second-order valence-corrected chi connectivity index (χ2v) is 5.55. The minimum atomic E-state index is -0.0264. The molecule has 0 aliphatic heterocycles. The highest BCUT2D eigenvalue weighted by Crippen LogP contribution is 2.28. The summed E-state index contributed by atoms with van der Waals surface area (Å²) >= 11 is 0. The maximum atomic E-state index is 12.4. The summed E-state index contributed by atoms with van der Waals surface area (Å²) in [5.74, 6) is 0.819. The second-order valence-electron chi connectivity index (χ2n) is 5.55. The van der Waals surface area contributed by atoms with Crippen LogP contribution in [0.25, 0.3) is 0 Å². The highest BCUT2D eigenvalue weighted by molar-refractivity contribution is 5.75. The zero-order chi connectivity index (χ0) is 14.7. The highest BCUT2D eigenvalue weighted by Gasteiger charge is 2.33. The molecule has 1 aliphatic carbocycles. The Morgan fingerprint density at radius 2 is 2.48 bits per heavy atom. The molecule has 1 fully saturated rings. The molecule has 1 aliphatic rings. The van der Waals surface area contributed by atoms with Crippen LogP contribution < -0.4 is 5.32 Å². The molecule has 6 heteroatoms. The average molecular weight is 288 g/mol. The molecule has 2 heterocycles. The highest BCUT2D eigenvalue weighted by atomic mass is 16.3. The summed E-state index contributed by atoms with van der Waals surface area (Å²) in [7, 11) is 0. The fourth-order valence-corrected chi connectivity index (χ4v) is 2.37. The first kappa shape index (κ1) is 13.7. The van der Waals surface area contributed by atoms with Gasteiger partial charge < -0.3 is 19.2 Å². The Balaban J connectivity index is 1.56. The molecule has 0 aromatic carbocycles. The van der Waals surface area contributed by atoms with Crippen LogP contribution in [0.5, 0.6) is 0 Å². The lowest BCUT2D eigenvalue weighted by molar-refractivity contribution is 0.182. The molecule has 112 valence electrons. The molecule has 0 spiro atoms. The van der Waals surface area contributed by atoms with Crippen LogP contribution >= 0.6 is 0 Å². The largest absolute Gasteiger partial charge is 0.467 e. The van der Waals surface area contributed by atoms with Crippen LogP contribution in [0.2, 0.25) is 0 Å². The molecule has 3 rings (SSSR count). The van der Waals surface area contributed by atoms with E-state index >= 15 is 0 Å². The zero-order valence-electron chi connectivity index (χ0n) is 12.1. The lowest BCUT2D eigenvalue weighted by Crippen LogP contribution is -2.45. The number of imidazole rings is 1. The predicted octanol–water partition coefficient (Wildman–Crippen LogP) is 2.24. The van der Waals surface area contributed by atoms with E-state index in [4.69, 9.17) is 4.42 Å². The van der Waals surface area contributed by atoms with Gasteiger partial charge in [-0.25, -0.2) is 9.78 Å². The molecule has 2 amide bonds. The minimum absolute atomic E-state index is 0.0264. The molecule has 2 aromatic heterocycles. The smallest absolute Gasteiger partial charge is 0.318 e. The number of urea groups is 1. The minimum Gasteiger partial charge on any atom is -0.467 e. The van der Waals surface area contributed by atoms with Crippen molar-refractivity contribution in [2.45, 2.75) is 44.9 Å². The number of rotatable bonds is 6. The van der Waals surface area contributed by atoms with Crippen molar-refractivity contribution in [2.75, 3.05) is 0 Å². The molecular weight excluding hydrogens is 268 g/mol. The third-order valence-electron chi connectivity index (χ3n) is 3.57. The van der Waals surface area contributed by atoms with Crippen molar-refractivity contribution in [1.82, 2.24) is 19.8 Å². The van der Waals surface area contributed by atoms with Crippen molar-refractivity contribution in [3.05, 3.63) is 42.9 Å². The Morgan fingerprint density at radius 1 is 1.62 bits per heavy atom. The third kappa shape index (κ3) is 3.65. The monoisotopic (exact) mass is 288 g/mol. The van der Waals surface area contributed by atoms with Gasteiger partial charge in [0.05, 0.1) is 19.1 Å². The maximum Gasteiger partial charge on any atom is 0.318 e. The fraction of sp³-hybridized carbons (Fsp3) is 0.467. The summed E-state index contributed by atoms with van der Waals surface area (Å²) in [5.41, 5.74) is 0. The molecule has 1 atom stereocenters. The van der Waals surface area contributed by atoms with Gasteiger partial charge in [-0.3, -0.25) is 0 Å². The van der Waals surface area contributed by atoms with Gasteiger partial charge in [-0.05, 0) is 31.9 Å². The van der Waals surface area contributed by atoms with Crippen LogP contribution in [-0.2, 0) is 13.1 Å². The van der Waals surface area contributed by atoms with Crippen molar-refractivity contribution in [2.24, 2.45) is 0 Å². The molecule has 0 radical (unpaired) electrons. The molecule has 1 N–H and O–H groups in total. The first-order valence-corrected chi connectivity index (χ1v) is 7.27. The van der Waals surface area contributed by atoms with Gasteiger partial charge in [0.1, 0.15) is 5.76 Å². The van der Waals surface area contributed by atoms with E-state index < -0.39 is 0 Å². The molecule has 1 unspecified atom stereocenters. The van der Waals surface area contributed by atoms with Gasteiger partial charge in [0.25, 0.3) is 0 Å². The average Bonchev–Trinajstić information content (AvgIpc) is 2.94. The number of nitrogens with zero attached hydrogens (tertiary/aromatic N) is 3. The lowest BCUT2D eigenvalue weighted by atomic mass is 10.3. The van der Waals surface area contributed by atoms with Gasteiger partial charge in [0.2, 0.25) is 0 Å². The quantitative estimate of drug-likeness (QED) is 0.886. The van der Waals surface area contributed by atoms with Gasteiger partial charge in [-0.2, -0.15) is 0 Å². The summed E-state index contributed by atoms with van der Waals surface area (Å²) in [5, 5.41) is 3.05. The first-order chi connectivity index (χ1) is 10.2. The number of furan rings is 1. The molecule has 2 aromatic rings. The number of carbonyl (C=O) groups is 1. The molecule has 0 saturated heterocycles. The SMILES string of the molecule is CC(Cn1ccnc1)NC(=O)N(Cc1ccco1)C1CC1. The normalized spacial score (nSPS) is 15.7. The number of carbonyl (C=O) groups excluding carboxylic acids is 1. The topological polar surface area (TPSA) is 63.3 Å². The summed E-state index contributed by atoms with van der Waals surface area (Å²) in [4.78, 5) is 18.3. The number of hydrogen-bond acceptors (Lipinski definition) is 3. The first-order valence-electron chi connectivity index (χ1n) is 7.27. The number of nitrogens with one attached hydrogen (secondary N) is 1. The number of aromatic nitrogens is 2. The zero-order valence-corrected chi connectivity index (χ0v) is 12.1. The standard InChI is InChI=1S/C15H20N4O2/c1-12(9-18-7-6-16-11-18)17-15(20)19(13-4-5-13)10-14-3-2-8-21-14/h2-3,6-8,11-13H,4-5,9-10H2,1H3,(H,17,20). The van der Waals surface area contributed by atoms with E-state index in [1.165, 1.54) is 0 Å². The van der Waals surface area contributed by atoms with Gasteiger partial charge in [0.15, 0.2) is 0 Å². The van der Waals surface area contributed by atoms with Crippen LogP contribution in [0.15, 0.2) is 41.5 Å². The van der Waals surface area contributed by atoms with Crippen molar-refractivity contribution in [3.8, 4) is 0 Å². The Morgan fingerprint density at radius 3 is 3.10 bits per heavy atom. The molecule has 21 heavy (non-hydrogen) atoms. The second kappa shape index (κ2) is 6.03. The molecule has 0 bridgehead atoms. The predicted molar refractivity (Wildman–Crippen MR) is 77.5 cm³/mol.